The summed E-state index contributed by atoms with van der Waals surface area (Å²) in [6, 6.07) is 4.78. The maximum Gasteiger partial charge on any atom is 0.327 e. The SMILES string of the molecule is C=CCNC(C(=O)OCC)c1cc(Br)ccc1Cl. The summed E-state index contributed by atoms with van der Waals surface area (Å²) < 4.78 is 5.90. The van der Waals surface area contributed by atoms with Crippen molar-refractivity contribution in [2.45, 2.75) is 13.0 Å². The van der Waals surface area contributed by atoms with Gasteiger partial charge >= 0.3 is 5.97 Å². The molecule has 1 atom stereocenters. The summed E-state index contributed by atoms with van der Waals surface area (Å²) >= 11 is 9.48. The van der Waals surface area contributed by atoms with Gasteiger partial charge in [0.25, 0.3) is 0 Å². The van der Waals surface area contributed by atoms with Crippen LogP contribution < -0.4 is 5.32 Å². The minimum atomic E-state index is -0.590. The van der Waals surface area contributed by atoms with Crippen molar-refractivity contribution in [3.8, 4) is 0 Å². The van der Waals surface area contributed by atoms with E-state index >= 15 is 0 Å². The van der Waals surface area contributed by atoms with Crippen LogP contribution in [0, 0.1) is 0 Å². The van der Waals surface area contributed by atoms with E-state index in [0.29, 0.717) is 23.7 Å². The van der Waals surface area contributed by atoms with E-state index in [1.807, 2.05) is 6.07 Å². The molecule has 0 saturated carbocycles. The smallest absolute Gasteiger partial charge is 0.327 e. The molecule has 0 bridgehead atoms. The van der Waals surface area contributed by atoms with Crippen LogP contribution in [-0.2, 0) is 9.53 Å². The number of halogens is 2. The Kier molecular flexibility index (Phi) is 6.39. The van der Waals surface area contributed by atoms with Crippen molar-refractivity contribution in [2.75, 3.05) is 13.2 Å². The molecule has 0 aromatic heterocycles. The van der Waals surface area contributed by atoms with Crippen molar-refractivity contribution in [3.05, 3.63) is 45.9 Å². The zero-order chi connectivity index (χ0) is 13.5. The molecule has 0 saturated heterocycles. The Hall–Kier alpha value is -0.840. The van der Waals surface area contributed by atoms with Gasteiger partial charge < -0.3 is 4.74 Å². The Morgan fingerprint density at radius 3 is 3.00 bits per heavy atom. The lowest BCUT2D eigenvalue weighted by Gasteiger charge is -2.18. The molecule has 1 aromatic rings. The summed E-state index contributed by atoms with van der Waals surface area (Å²) in [7, 11) is 0. The molecule has 5 heteroatoms. The molecule has 0 spiro atoms. The second-order valence-corrected chi connectivity index (χ2v) is 4.87. The van der Waals surface area contributed by atoms with Crippen LogP contribution >= 0.6 is 27.5 Å². The number of benzene rings is 1. The van der Waals surface area contributed by atoms with Crippen LogP contribution in [-0.4, -0.2) is 19.1 Å². The van der Waals surface area contributed by atoms with Gasteiger partial charge in [-0.2, -0.15) is 0 Å². The van der Waals surface area contributed by atoms with Crippen molar-refractivity contribution < 1.29 is 9.53 Å². The van der Waals surface area contributed by atoms with Gasteiger partial charge in [0.1, 0.15) is 6.04 Å². The summed E-state index contributed by atoms with van der Waals surface area (Å²) in [4.78, 5) is 11.9. The van der Waals surface area contributed by atoms with Gasteiger partial charge in [-0.3, -0.25) is 5.32 Å². The Balaban J connectivity index is 3.03. The van der Waals surface area contributed by atoms with Crippen LogP contribution in [0.3, 0.4) is 0 Å². The molecule has 1 rings (SSSR count). The molecule has 0 aliphatic rings. The highest BCUT2D eigenvalue weighted by atomic mass is 79.9. The number of rotatable bonds is 6. The Labute approximate surface area is 120 Å². The van der Waals surface area contributed by atoms with Crippen molar-refractivity contribution >= 4 is 33.5 Å². The second kappa shape index (κ2) is 7.56. The molecule has 0 amide bonds. The summed E-state index contributed by atoms with van der Waals surface area (Å²) in [5.74, 6) is -0.348. The van der Waals surface area contributed by atoms with Crippen molar-refractivity contribution in [1.29, 1.82) is 0 Å². The number of carbonyl (C=O) groups excluding carboxylic acids is 1. The highest BCUT2D eigenvalue weighted by Gasteiger charge is 2.23. The average Bonchev–Trinajstić information content (AvgIpc) is 2.34. The molecular formula is C13H15BrClNO2. The number of hydrogen-bond acceptors (Lipinski definition) is 3. The number of nitrogens with one attached hydrogen (secondary N) is 1. The van der Waals surface area contributed by atoms with E-state index < -0.39 is 6.04 Å². The number of esters is 1. The molecule has 0 radical (unpaired) electrons. The van der Waals surface area contributed by atoms with E-state index in [4.69, 9.17) is 16.3 Å². The number of hydrogen-bond donors (Lipinski definition) is 1. The minimum Gasteiger partial charge on any atom is -0.465 e. The van der Waals surface area contributed by atoms with Gasteiger partial charge in [0, 0.05) is 16.0 Å². The lowest BCUT2D eigenvalue weighted by molar-refractivity contribution is -0.145. The molecular weight excluding hydrogens is 318 g/mol. The Morgan fingerprint density at radius 2 is 2.39 bits per heavy atom. The van der Waals surface area contributed by atoms with Crippen LogP contribution in [0.4, 0.5) is 0 Å². The highest BCUT2D eigenvalue weighted by Crippen LogP contribution is 2.27. The molecule has 98 valence electrons. The third-order valence-corrected chi connectivity index (χ3v) is 3.10. The van der Waals surface area contributed by atoms with Crippen LogP contribution in [0.1, 0.15) is 18.5 Å². The van der Waals surface area contributed by atoms with E-state index in [1.54, 1.807) is 25.1 Å². The molecule has 0 aliphatic heterocycles. The summed E-state index contributed by atoms with van der Waals surface area (Å²) in [5, 5.41) is 3.56. The summed E-state index contributed by atoms with van der Waals surface area (Å²) in [5.41, 5.74) is 0.686. The largest absolute Gasteiger partial charge is 0.465 e. The quantitative estimate of drug-likeness (QED) is 0.640. The molecule has 1 aromatic carbocycles. The molecule has 1 unspecified atom stereocenters. The normalized spacial score (nSPS) is 11.9. The number of carbonyl (C=O) groups is 1. The van der Waals surface area contributed by atoms with Crippen molar-refractivity contribution in [2.24, 2.45) is 0 Å². The monoisotopic (exact) mass is 331 g/mol. The van der Waals surface area contributed by atoms with Gasteiger partial charge in [-0.1, -0.05) is 33.6 Å². The molecule has 1 N–H and O–H groups in total. The van der Waals surface area contributed by atoms with E-state index in [0.717, 1.165) is 4.47 Å². The molecule has 18 heavy (non-hydrogen) atoms. The summed E-state index contributed by atoms with van der Waals surface area (Å²) in [6.07, 6.45) is 1.68. The predicted molar refractivity (Wildman–Crippen MR) is 76.7 cm³/mol. The topological polar surface area (TPSA) is 38.3 Å². The third kappa shape index (κ3) is 4.12. The average molecular weight is 333 g/mol. The van der Waals surface area contributed by atoms with Gasteiger partial charge in [-0.05, 0) is 30.7 Å². The first-order valence-electron chi connectivity index (χ1n) is 5.56. The standard InChI is InChI=1S/C13H15BrClNO2/c1-3-7-16-12(13(17)18-4-2)10-8-9(14)5-6-11(10)15/h3,5-6,8,12,16H,1,4,7H2,2H3. The zero-order valence-corrected chi connectivity index (χ0v) is 12.4. The van der Waals surface area contributed by atoms with E-state index in [1.165, 1.54) is 0 Å². The fraction of sp³-hybridized carbons (Fsp3) is 0.308. The lowest BCUT2D eigenvalue weighted by Crippen LogP contribution is -2.30. The first-order chi connectivity index (χ1) is 8.60. The van der Waals surface area contributed by atoms with Crippen LogP contribution in [0.2, 0.25) is 5.02 Å². The summed E-state index contributed by atoms with van der Waals surface area (Å²) in [6.45, 7) is 6.21. The maximum atomic E-state index is 11.9. The van der Waals surface area contributed by atoms with Gasteiger partial charge in [-0.25, -0.2) is 4.79 Å². The minimum absolute atomic E-state index is 0.330. The van der Waals surface area contributed by atoms with Crippen LogP contribution in [0.5, 0.6) is 0 Å². The molecule has 3 nitrogen and oxygen atoms in total. The number of ether oxygens (including phenoxy) is 1. The van der Waals surface area contributed by atoms with Gasteiger partial charge in [-0.15, -0.1) is 6.58 Å². The van der Waals surface area contributed by atoms with Gasteiger partial charge in [0.15, 0.2) is 0 Å². The highest BCUT2D eigenvalue weighted by molar-refractivity contribution is 9.10. The van der Waals surface area contributed by atoms with Gasteiger partial charge in [0.05, 0.1) is 6.61 Å². The Morgan fingerprint density at radius 1 is 1.67 bits per heavy atom. The van der Waals surface area contributed by atoms with Gasteiger partial charge in [0.2, 0.25) is 0 Å². The predicted octanol–water partition coefficient (Wildman–Crippen LogP) is 3.48. The fourth-order valence-corrected chi connectivity index (χ4v) is 2.09. The maximum absolute atomic E-state index is 11.9. The van der Waals surface area contributed by atoms with E-state index in [9.17, 15) is 4.79 Å². The molecule has 0 fully saturated rings. The lowest BCUT2D eigenvalue weighted by atomic mass is 10.1. The molecule has 0 heterocycles. The van der Waals surface area contributed by atoms with E-state index in [-0.39, 0.29) is 5.97 Å². The zero-order valence-electron chi connectivity index (χ0n) is 10.1. The van der Waals surface area contributed by atoms with Crippen LogP contribution in [0.25, 0.3) is 0 Å². The third-order valence-electron chi connectivity index (χ3n) is 2.26. The first-order valence-corrected chi connectivity index (χ1v) is 6.73. The molecule has 0 aliphatic carbocycles. The van der Waals surface area contributed by atoms with E-state index in [2.05, 4.69) is 27.8 Å². The first kappa shape index (κ1) is 15.2. The Bertz CT molecular complexity index is 437. The fourth-order valence-electron chi connectivity index (χ4n) is 1.48. The second-order valence-electron chi connectivity index (χ2n) is 3.55. The van der Waals surface area contributed by atoms with Crippen molar-refractivity contribution in [3.63, 3.8) is 0 Å². The van der Waals surface area contributed by atoms with Crippen LogP contribution in [0.15, 0.2) is 35.3 Å². The van der Waals surface area contributed by atoms with Crippen molar-refractivity contribution in [1.82, 2.24) is 5.32 Å².